The molecule has 2 aromatic carbocycles. The zero-order chi connectivity index (χ0) is 38.4. The number of carbonyl (C=O) groups excluding carboxylic acids is 4. The molecule has 2 aromatic heterocycles. The minimum atomic E-state index is -0.828. The third-order valence-electron chi connectivity index (χ3n) is 10.3. The number of H-pyrrole nitrogens is 2. The second kappa shape index (κ2) is 17.0. The van der Waals surface area contributed by atoms with Crippen LogP contribution in [0.2, 0.25) is 0 Å². The number of carbonyl (C=O) groups is 4. The molecule has 4 amide bonds. The number of likely N-dealkylation sites (tertiary alicyclic amines) is 2. The second-order valence-corrected chi connectivity index (χ2v) is 14.2. The van der Waals surface area contributed by atoms with Crippen molar-refractivity contribution in [3.05, 3.63) is 72.6 Å². The van der Waals surface area contributed by atoms with Crippen molar-refractivity contribution < 1.29 is 28.7 Å². The molecule has 4 aromatic rings. The Bertz CT molecular complexity index is 1920. The van der Waals surface area contributed by atoms with Crippen molar-refractivity contribution in [2.24, 2.45) is 5.92 Å². The number of alkyl carbamates (subject to hydrolysis) is 2. The molecule has 2 aliphatic heterocycles. The Labute approximate surface area is 315 Å². The molecule has 0 aliphatic carbocycles. The van der Waals surface area contributed by atoms with Gasteiger partial charge in [0.1, 0.15) is 17.7 Å². The molecular formula is C40H50N8O6. The lowest BCUT2D eigenvalue weighted by Gasteiger charge is -2.30. The molecule has 2 fully saturated rings. The van der Waals surface area contributed by atoms with Gasteiger partial charge in [0.05, 0.1) is 43.0 Å². The van der Waals surface area contributed by atoms with Gasteiger partial charge in [-0.2, -0.15) is 0 Å². The van der Waals surface area contributed by atoms with E-state index in [1.165, 1.54) is 14.2 Å². The van der Waals surface area contributed by atoms with Crippen molar-refractivity contribution in [1.82, 2.24) is 40.4 Å². The topological polar surface area (TPSA) is 175 Å². The zero-order valence-corrected chi connectivity index (χ0v) is 31.6. The van der Waals surface area contributed by atoms with Gasteiger partial charge in [0.25, 0.3) is 5.91 Å². The second-order valence-electron chi connectivity index (χ2n) is 14.2. The monoisotopic (exact) mass is 738 g/mol. The van der Waals surface area contributed by atoms with Crippen molar-refractivity contribution >= 4 is 24.0 Å². The number of hydrogen-bond acceptors (Lipinski definition) is 8. The standard InChI is InChI=1S/C40H50N8O6/c1-6-9-33(54-39(51)41-4)37(49)47-20-7-10-31(47)35-42-22-29(44-35)27-16-12-25(13-17-27)26-14-18-28(19-15-26)30-23-43-36(45-30)32-11-8-21-48(32)38(50)34(24(2)3)46-40(52)53-5/h12-19,22-24,31-34H,6-11,20-21H2,1-5H3,(H,41,51)(H,42,44)(H,43,45)(H,46,52)/t31-,32-,33-,34-/m0/s1. The molecule has 2 aliphatic rings. The van der Waals surface area contributed by atoms with Gasteiger partial charge < -0.3 is 39.9 Å². The third-order valence-corrected chi connectivity index (χ3v) is 10.3. The van der Waals surface area contributed by atoms with Gasteiger partial charge in [-0.3, -0.25) is 9.59 Å². The van der Waals surface area contributed by atoms with Gasteiger partial charge in [-0.1, -0.05) is 75.7 Å². The number of benzene rings is 2. The summed E-state index contributed by atoms with van der Waals surface area (Å²) in [6.07, 6.45) is 5.96. The summed E-state index contributed by atoms with van der Waals surface area (Å²) in [5.41, 5.74) is 5.78. The summed E-state index contributed by atoms with van der Waals surface area (Å²) in [5, 5.41) is 5.13. The molecule has 4 heterocycles. The molecule has 0 radical (unpaired) electrons. The quantitative estimate of drug-likeness (QED) is 0.130. The summed E-state index contributed by atoms with van der Waals surface area (Å²) < 4.78 is 10.2. The molecule has 286 valence electrons. The van der Waals surface area contributed by atoms with E-state index in [0.717, 1.165) is 71.0 Å². The summed E-state index contributed by atoms with van der Waals surface area (Å²) in [7, 11) is 2.77. The van der Waals surface area contributed by atoms with Gasteiger partial charge in [0.2, 0.25) is 5.91 Å². The van der Waals surface area contributed by atoms with Crippen LogP contribution in [0.15, 0.2) is 60.9 Å². The molecule has 6 rings (SSSR count). The van der Waals surface area contributed by atoms with Crippen molar-refractivity contribution in [2.45, 2.75) is 83.5 Å². The van der Waals surface area contributed by atoms with Crippen LogP contribution in [0.4, 0.5) is 9.59 Å². The van der Waals surface area contributed by atoms with Gasteiger partial charge in [-0.25, -0.2) is 19.6 Å². The van der Waals surface area contributed by atoms with E-state index in [1.807, 2.05) is 45.0 Å². The van der Waals surface area contributed by atoms with Crippen LogP contribution in [0.5, 0.6) is 0 Å². The van der Waals surface area contributed by atoms with Crippen LogP contribution >= 0.6 is 0 Å². The van der Waals surface area contributed by atoms with Gasteiger partial charge in [-0.15, -0.1) is 0 Å². The van der Waals surface area contributed by atoms with Crippen molar-refractivity contribution in [1.29, 1.82) is 0 Å². The molecule has 2 saturated heterocycles. The first-order valence-electron chi connectivity index (χ1n) is 18.8. The Balaban J connectivity index is 1.10. The number of nitrogens with one attached hydrogen (secondary N) is 4. The fourth-order valence-electron chi connectivity index (χ4n) is 7.37. The minimum Gasteiger partial charge on any atom is -0.453 e. The van der Waals surface area contributed by atoms with Crippen LogP contribution < -0.4 is 10.6 Å². The smallest absolute Gasteiger partial charge is 0.407 e. The third kappa shape index (κ3) is 8.27. The highest BCUT2D eigenvalue weighted by Gasteiger charge is 2.38. The van der Waals surface area contributed by atoms with E-state index < -0.39 is 24.3 Å². The summed E-state index contributed by atoms with van der Waals surface area (Å²) in [4.78, 5) is 70.6. The Kier molecular flexibility index (Phi) is 12.0. The van der Waals surface area contributed by atoms with Crippen molar-refractivity contribution in [3.63, 3.8) is 0 Å². The maximum Gasteiger partial charge on any atom is 0.407 e. The number of imidazole rings is 2. The Hall–Kier alpha value is -5.66. The Morgan fingerprint density at radius 3 is 1.70 bits per heavy atom. The number of aromatic nitrogens is 4. The lowest BCUT2D eigenvalue weighted by molar-refractivity contribution is -0.141. The largest absolute Gasteiger partial charge is 0.453 e. The van der Waals surface area contributed by atoms with E-state index in [9.17, 15) is 19.2 Å². The number of ether oxygens (including phenoxy) is 2. The predicted molar refractivity (Wildman–Crippen MR) is 203 cm³/mol. The van der Waals surface area contributed by atoms with Crippen LogP contribution in [0.3, 0.4) is 0 Å². The van der Waals surface area contributed by atoms with Gasteiger partial charge >= 0.3 is 12.2 Å². The lowest BCUT2D eigenvalue weighted by atomic mass is 10.0. The first-order valence-corrected chi connectivity index (χ1v) is 18.8. The number of hydrogen-bond donors (Lipinski definition) is 4. The first kappa shape index (κ1) is 38.1. The fraction of sp³-hybridized carbons (Fsp3) is 0.450. The molecule has 0 bridgehead atoms. The predicted octanol–water partition coefficient (Wildman–Crippen LogP) is 6.37. The van der Waals surface area contributed by atoms with Crippen molar-refractivity contribution in [2.75, 3.05) is 27.2 Å². The normalized spacial score (nSPS) is 18.0. The molecule has 4 atom stereocenters. The van der Waals surface area contributed by atoms with E-state index in [2.05, 4.69) is 54.8 Å². The molecule has 0 spiro atoms. The number of methoxy groups -OCH3 is 1. The van der Waals surface area contributed by atoms with Gasteiger partial charge in [0, 0.05) is 20.1 Å². The molecule has 4 N–H and O–H groups in total. The molecule has 14 nitrogen and oxygen atoms in total. The van der Waals surface area contributed by atoms with E-state index in [0.29, 0.717) is 25.9 Å². The molecule has 54 heavy (non-hydrogen) atoms. The van der Waals surface area contributed by atoms with E-state index in [4.69, 9.17) is 9.47 Å². The SMILES string of the molecule is CCC[C@H](OC(=O)NC)C(=O)N1CCC[C@H]1c1ncc(-c2ccc(-c3ccc(-c4cnc([C@@H]5CCCN5C(=O)[C@@H](NC(=O)OC)C(C)C)[nH]4)cc3)cc2)[nH]1. The zero-order valence-electron chi connectivity index (χ0n) is 31.6. The summed E-state index contributed by atoms with van der Waals surface area (Å²) in [5.74, 6) is 1.00. The lowest BCUT2D eigenvalue weighted by Crippen LogP contribution is -2.51. The van der Waals surface area contributed by atoms with Crippen LogP contribution in [-0.4, -0.2) is 93.1 Å². The van der Waals surface area contributed by atoms with Crippen LogP contribution in [0, 0.1) is 5.92 Å². The average Bonchev–Trinajstić information content (AvgIpc) is 4.03. The maximum atomic E-state index is 13.5. The van der Waals surface area contributed by atoms with Crippen LogP contribution in [0.25, 0.3) is 33.6 Å². The summed E-state index contributed by atoms with van der Waals surface area (Å²) in [6, 6.07) is 15.4. The highest BCUT2D eigenvalue weighted by atomic mass is 16.6. The van der Waals surface area contributed by atoms with Crippen LogP contribution in [-0.2, 0) is 19.1 Å². The summed E-state index contributed by atoms with van der Waals surface area (Å²) >= 11 is 0. The minimum absolute atomic E-state index is 0.104. The number of amides is 4. The van der Waals surface area contributed by atoms with Crippen molar-refractivity contribution in [3.8, 4) is 33.6 Å². The van der Waals surface area contributed by atoms with Gasteiger partial charge in [-0.05, 0) is 60.3 Å². The average molecular weight is 739 g/mol. The molecule has 14 heteroatoms. The highest BCUT2D eigenvalue weighted by Crippen LogP contribution is 2.35. The van der Waals surface area contributed by atoms with E-state index >= 15 is 0 Å². The fourth-order valence-corrected chi connectivity index (χ4v) is 7.37. The van der Waals surface area contributed by atoms with E-state index in [1.54, 1.807) is 22.2 Å². The first-order chi connectivity index (χ1) is 26.1. The Morgan fingerprint density at radius 1 is 0.778 bits per heavy atom. The highest BCUT2D eigenvalue weighted by molar-refractivity contribution is 5.86. The van der Waals surface area contributed by atoms with E-state index in [-0.39, 0.29) is 29.8 Å². The van der Waals surface area contributed by atoms with Gasteiger partial charge in [0.15, 0.2) is 6.10 Å². The summed E-state index contributed by atoms with van der Waals surface area (Å²) in [6.45, 7) is 6.94. The Morgan fingerprint density at radius 2 is 1.26 bits per heavy atom. The molecular weight excluding hydrogens is 688 g/mol. The number of rotatable bonds is 12. The number of nitrogens with zero attached hydrogens (tertiary/aromatic N) is 4. The van der Waals surface area contributed by atoms with Crippen LogP contribution in [0.1, 0.15) is 83.0 Å². The maximum absolute atomic E-state index is 13.5. The number of aromatic amines is 2. The molecule has 0 saturated carbocycles. The molecule has 0 unspecified atom stereocenters.